The summed E-state index contributed by atoms with van der Waals surface area (Å²) in [4.78, 5) is 44.4. The first kappa shape index (κ1) is 12.6. The molecule has 1 aliphatic heterocycles. The standard InChI is InChI=1S/C9H10N4O4/c10-3-4-11-8(16)9(17)12-5-1-2-6(14)13-7(5)15/h5H,1-2,4H2,(H,11,16)(H,12,17)(H,13,14,15). The molecule has 1 saturated heterocycles. The topological polar surface area (TPSA) is 128 Å². The number of rotatable bonds is 2. The van der Waals surface area contributed by atoms with Gasteiger partial charge in [-0.25, -0.2) is 0 Å². The van der Waals surface area contributed by atoms with Crippen molar-refractivity contribution in [1.82, 2.24) is 16.0 Å². The maximum Gasteiger partial charge on any atom is 0.310 e. The largest absolute Gasteiger partial charge is 0.336 e. The summed E-state index contributed by atoms with van der Waals surface area (Å²) in [6.45, 7) is -0.290. The quantitative estimate of drug-likeness (QED) is 0.279. The highest BCUT2D eigenvalue weighted by atomic mass is 16.2. The van der Waals surface area contributed by atoms with Crippen LogP contribution in [0.1, 0.15) is 12.8 Å². The third-order valence-corrected chi connectivity index (χ3v) is 2.08. The highest BCUT2D eigenvalue weighted by Gasteiger charge is 2.29. The van der Waals surface area contributed by atoms with Crippen molar-refractivity contribution in [3.05, 3.63) is 0 Å². The Labute approximate surface area is 96.3 Å². The Morgan fingerprint density at radius 2 is 2.12 bits per heavy atom. The lowest BCUT2D eigenvalue weighted by Gasteiger charge is -2.21. The molecule has 0 aromatic rings. The number of nitriles is 1. The van der Waals surface area contributed by atoms with Crippen LogP contribution in [0.3, 0.4) is 0 Å². The summed E-state index contributed by atoms with van der Waals surface area (Å²) in [5.74, 6) is -3.04. The van der Waals surface area contributed by atoms with Gasteiger partial charge < -0.3 is 10.6 Å². The molecule has 17 heavy (non-hydrogen) atoms. The van der Waals surface area contributed by atoms with Gasteiger partial charge in [0.2, 0.25) is 11.8 Å². The van der Waals surface area contributed by atoms with Crippen molar-refractivity contribution in [3.8, 4) is 6.07 Å². The minimum Gasteiger partial charge on any atom is -0.336 e. The van der Waals surface area contributed by atoms with Gasteiger partial charge in [-0.15, -0.1) is 0 Å². The Morgan fingerprint density at radius 3 is 2.71 bits per heavy atom. The molecule has 3 N–H and O–H groups in total. The number of carbonyl (C=O) groups excluding carboxylic acids is 4. The van der Waals surface area contributed by atoms with Gasteiger partial charge in [-0.1, -0.05) is 0 Å². The molecule has 0 radical (unpaired) electrons. The van der Waals surface area contributed by atoms with Gasteiger partial charge in [-0.05, 0) is 6.42 Å². The Kier molecular flexibility index (Phi) is 4.16. The van der Waals surface area contributed by atoms with Gasteiger partial charge in [-0.2, -0.15) is 5.26 Å². The van der Waals surface area contributed by atoms with Gasteiger partial charge in [-0.3, -0.25) is 24.5 Å². The number of carbonyl (C=O) groups is 4. The molecule has 8 heteroatoms. The molecule has 4 amide bonds. The summed E-state index contributed by atoms with van der Waals surface area (Å²) in [5.41, 5.74) is 0. The first-order valence-corrected chi connectivity index (χ1v) is 4.84. The number of nitrogens with zero attached hydrogens (tertiary/aromatic N) is 1. The van der Waals surface area contributed by atoms with Crippen molar-refractivity contribution in [2.24, 2.45) is 0 Å². The Balaban J connectivity index is 2.46. The minimum absolute atomic E-state index is 0.108. The predicted octanol–water partition coefficient (Wildman–Crippen LogP) is -2.45. The molecule has 1 rings (SSSR count). The zero-order valence-electron chi connectivity index (χ0n) is 8.78. The summed E-state index contributed by atoms with van der Waals surface area (Å²) >= 11 is 0. The van der Waals surface area contributed by atoms with Crippen molar-refractivity contribution in [2.75, 3.05) is 6.54 Å². The van der Waals surface area contributed by atoms with E-state index in [1.807, 2.05) is 10.6 Å². The molecule has 0 aromatic carbocycles. The maximum atomic E-state index is 11.2. The normalized spacial score (nSPS) is 18.9. The summed E-state index contributed by atoms with van der Waals surface area (Å²) in [6.07, 6.45) is 0.262. The van der Waals surface area contributed by atoms with Crippen LogP contribution in [0.25, 0.3) is 0 Å². The number of piperidine rings is 1. The van der Waals surface area contributed by atoms with Crippen molar-refractivity contribution < 1.29 is 19.2 Å². The number of amides is 4. The van der Waals surface area contributed by atoms with Crippen LogP contribution in [0.2, 0.25) is 0 Å². The van der Waals surface area contributed by atoms with Crippen LogP contribution in [0.15, 0.2) is 0 Å². The molecule has 0 bridgehead atoms. The SMILES string of the molecule is N#CCNC(=O)C(=O)NC1CCC(=O)NC1=O. The molecule has 1 heterocycles. The minimum atomic E-state index is -1.00. The highest BCUT2D eigenvalue weighted by Crippen LogP contribution is 2.03. The number of hydrogen-bond acceptors (Lipinski definition) is 5. The lowest BCUT2D eigenvalue weighted by molar-refractivity contribution is -0.142. The summed E-state index contributed by atoms with van der Waals surface area (Å²) in [6, 6.07) is 0.740. The molecule has 1 aliphatic rings. The number of imide groups is 1. The third-order valence-electron chi connectivity index (χ3n) is 2.08. The molecule has 1 unspecified atom stereocenters. The van der Waals surface area contributed by atoms with Gasteiger partial charge in [0, 0.05) is 6.42 Å². The molecule has 0 spiro atoms. The van der Waals surface area contributed by atoms with E-state index >= 15 is 0 Å². The third kappa shape index (κ3) is 3.57. The Hall–Kier alpha value is -2.43. The van der Waals surface area contributed by atoms with E-state index in [0.29, 0.717) is 0 Å². The van der Waals surface area contributed by atoms with E-state index in [0.717, 1.165) is 0 Å². The summed E-state index contributed by atoms with van der Waals surface area (Å²) in [7, 11) is 0. The highest BCUT2D eigenvalue weighted by molar-refractivity contribution is 6.35. The smallest absolute Gasteiger partial charge is 0.310 e. The molecule has 0 aliphatic carbocycles. The van der Waals surface area contributed by atoms with Crippen LogP contribution in [-0.4, -0.2) is 36.2 Å². The molecule has 1 fully saturated rings. The molecule has 0 aromatic heterocycles. The summed E-state index contributed by atoms with van der Waals surface area (Å²) < 4.78 is 0. The van der Waals surface area contributed by atoms with E-state index < -0.39 is 29.7 Å². The van der Waals surface area contributed by atoms with Crippen molar-refractivity contribution in [1.29, 1.82) is 5.26 Å². The van der Waals surface area contributed by atoms with E-state index in [1.54, 1.807) is 6.07 Å². The molecule has 8 nitrogen and oxygen atoms in total. The van der Waals surface area contributed by atoms with Crippen molar-refractivity contribution in [3.63, 3.8) is 0 Å². The molecular weight excluding hydrogens is 228 g/mol. The van der Waals surface area contributed by atoms with E-state index in [4.69, 9.17) is 5.26 Å². The van der Waals surface area contributed by atoms with Crippen LogP contribution in [0, 0.1) is 11.3 Å². The van der Waals surface area contributed by atoms with Crippen LogP contribution in [0.4, 0.5) is 0 Å². The molecule has 0 saturated carbocycles. The second-order valence-electron chi connectivity index (χ2n) is 3.32. The van der Waals surface area contributed by atoms with E-state index in [-0.39, 0.29) is 19.4 Å². The fourth-order valence-corrected chi connectivity index (χ4v) is 1.26. The van der Waals surface area contributed by atoms with E-state index in [1.165, 1.54) is 0 Å². The number of hydrogen-bond donors (Lipinski definition) is 3. The van der Waals surface area contributed by atoms with Crippen LogP contribution < -0.4 is 16.0 Å². The van der Waals surface area contributed by atoms with Gasteiger partial charge in [0.05, 0.1) is 6.07 Å². The zero-order valence-corrected chi connectivity index (χ0v) is 8.78. The average molecular weight is 238 g/mol. The monoisotopic (exact) mass is 238 g/mol. The first-order valence-electron chi connectivity index (χ1n) is 4.84. The predicted molar refractivity (Wildman–Crippen MR) is 52.9 cm³/mol. The second kappa shape index (κ2) is 5.60. The van der Waals surface area contributed by atoms with E-state index in [2.05, 4.69) is 5.32 Å². The van der Waals surface area contributed by atoms with Crippen LogP contribution in [-0.2, 0) is 19.2 Å². The Bertz CT molecular complexity index is 412. The average Bonchev–Trinajstić information content (AvgIpc) is 2.29. The summed E-state index contributed by atoms with van der Waals surface area (Å²) in [5, 5.41) is 14.4. The van der Waals surface area contributed by atoms with Crippen molar-refractivity contribution >= 4 is 23.6 Å². The van der Waals surface area contributed by atoms with Crippen LogP contribution >= 0.6 is 0 Å². The zero-order chi connectivity index (χ0) is 12.8. The van der Waals surface area contributed by atoms with Gasteiger partial charge >= 0.3 is 11.8 Å². The van der Waals surface area contributed by atoms with Gasteiger partial charge in [0.1, 0.15) is 12.6 Å². The lowest BCUT2D eigenvalue weighted by atomic mass is 10.1. The van der Waals surface area contributed by atoms with E-state index in [9.17, 15) is 19.2 Å². The molecular formula is C9H10N4O4. The fraction of sp³-hybridized carbons (Fsp3) is 0.444. The molecule has 90 valence electrons. The first-order chi connectivity index (χ1) is 8.04. The number of nitrogens with one attached hydrogen (secondary N) is 3. The van der Waals surface area contributed by atoms with Gasteiger partial charge in [0.25, 0.3) is 0 Å². The fourth-order valence-electron chi connectivity index (χ4n) is 1.26. The lowest BCUT2D eigenvalue weighted by Crippen LogP contribution is -2.54. The van der Waals surface area contributed by atoms with Gasteiger partial charge in [0.15, 0.2) is 0 Å². The second-order valence-corrected chi connectivity index (χ2v) is 3.32. The Morgan fingerprint density at radius 1 is 1.41 bits per heavy atom. The van der Waals surface area contributed by atoms with Crippen molar-refractivity contribution in [2.45, 2.75) is 18.9 Å². The molecule has 1 atom stereocenters. The maximum absolute atomic E-state index is 11.2. The van der Waals surface area contributed by atoms with Crippen LogP contribution in [0.5, 0.6) is 0 Å².